The Kier molecular flexibility index (Phi) is 5.03. The monoisotopic (exact) mass is 319 g/mol. The van der Waals surface area contributed by atoms with Crippen molar-refractivity contribution in [3.63, 3.8) is 0 Å². The molecule has 1 heterocycles. The third-order valence-corrected chi connectivity index (χ3v) is 3.74. The third-order valence-electron chi connectivity index (χ3n) is 3.06. The van der Waals surface area contributed by atoms with E-state index in [-0.39, 0.29) is 18.2 Å². The van der Waals surface area contributed by atoms with Crippen molar-refractivity contribution in [1.82, 2.24) is 10.3 Å². The van der Waals surface area contributed by atoms with Crippen LogP contribution in [-0.2, 0) is 5.41 Å². The van der Waals surface area contributed by atoms with Gasteiger partial charge in [-0.25, -0.2) is 9.78 Å². The molecule has 2 N–H and O–H groups in total. The number of rotatable bonds is 4. The molecular formula is C16H21N3O2S. The Hall–Kier alpha value is -2.08. The second-order valence-corrected chi connectivity index (χ2v) is 6.90. The van der Waals surface area contributed by atoms with Crippen LogP contribution < -0.4 is 15.4 Å². The van der Waals surface area contributed by atoms with Crippen LogP contribution in [0.1, 0.15) is 31.9 Å². The van der Waals surface area contributed by atoms with Crippen LogP contribution in [0.15, 0.2) is 29.8 Å². The van der Waals surface area contributed by atoms with Crippen molar-refractivity contribution in [2.75, 3.05) is 12.0 Å². The SMILES string of the molecule is Cc1ccc(OCNC(=O)Nc2nccs2)c(C(C)(C)C)c1. The largest absolute Gasteiger partial charge is 0.473 e. The second-order valence-electron chi connectivity index (χ2n) is 6.01. The van der Waals surface area contributed by atoms with E-state index < -0.39 is 0 Å². The number of aromatic nitrogens is 1. The molecule has 0 unspecified atom stereocenters. The highest BCUT2D eigenvalue weighted by Gasteiger charge is 2.19. The molecule has 2 amide bonds. The van der Waals surface area contributed by atoms with Gasteiger partial charge in [-0.1, -0.05) is 38.5 Å². The fourth-order valence-corrected chi connectivity index (χ4v) is 2.49. The van der Waals surface area contributed by atoms with Gasteiger partial charge < -0.3 is 10.1 Å². The van der Waals surface area contributed by atoms with Gasteiger partial charge in [0, 0.05) is 11.6 Å². The van der Waals surface area contributed by atoms with Gasteiger partial charge in [0.1, 0.15) is 5.75 Å². The lowest BCUT2D eigenvalue weighted by Crippen LogP contribution is -2.32. The third kappa shape index (κ3) is 4.46. The number of amides is 2. The molecule has 0 aliphatic carbocycles. The summed E-state index contributed by atoms with van der Waals surface area (Å²) in [4.78, 5) is 15.7. The minimum atomic E-state index is -0.334. The highest BCUT2D eigenvalue weighted by molar-refractivity contribution is 7.13. The number of carbonyl (C=O) groups excluding carboxylic acids is 1. The highest BCUT2D eigenvalue weighted by Crippen LogP contribution is 2.31. The Bertz CT molecular complexity index is 633. The summed E-state index contributed by atoms with van der Waals surface area (Å²) in [6.45, 7) is 8.56. The fraction of sp³-hybridized carbons (Fsp3) is 0.375. The van der Waals surface area contributed by atoms with E-state index in [1.807, 2.05) is 12.1 Å². The molecule has 0 atom stereocenters. The number of hydrogen-bond donors (Lipinski definition) is 2. The van der Waals surface area contributed by atoms with Crippen LogP contribution >= 0.6 is 11.3 Å². The number of thiazole rings is 1. The Balaban J connectivity index is 1.93. The van der Waals surface area contributed by atoms with Gasteiger partial charge in [0.05, 0.1) is 0 Å². The number of carbonyl (C=O) groups is 1. The van der Waals surface area contributed by atoms with Gasteiger partial charge in [0.15, 0.2) is 11.9 Å². The smallest absolute Gasteiger partial charge is 0.323 e. The van der Waals surface area contributed by atoms with Crippen molar-refractivity contribution >= 4 is 22.5 Å². The zero-order valence-electron chi connectivity index (χ0n) is 13.3. The molecule has 0 bridgehead atoms. The molecular weight excluding hydrogens is 298 g/mol. The Morgan fingerprint density at radius 2 is 2.14 bits per heavy atom. The zero-order valence-corrected chi connectivity index (χ0v) is 14.1. The lowest BCUT2D eigenvalue weighted by Gasteiger charge is -2.23. The molecule has 22 heavy (non-hydrogen) atoms. The van der Waals surface area contributed by atoms with E-state index >= 15 is 0 Å². The summed E-state index contributed by atoms with van der Waals surface area (Å²) in [7, 11) is 0. The standard InChI is InChI=1S/C16H21N3O2S/c1-11-5-6-13(12(9-11)16(2,3)4)21-10-18-14(20)19-15-17-7-8-22-15/h5-9H,10H2,1-4H3,(H2,17,18,19,20). The van der Waals surface area contributed by atoms with Gasteiger partial charge >= 0.3 is 6.03 Å². The van der Waals surface area contributed by atoms with Crippen LogP contribution in [0.2, 0.25) is 0 Å². The quantitative estimate of drug-likeness (QED) is 0.840. The maximum absolute atomic E-state index is 11.7. The molecule has 0 aliphatic rings. The number of nitrogens with zero attached hydrogens (tertiary/aromatic N) is 1. The summed E-state index contributed by atoms with van der Waals surface area (Å²) in [6, 6.07) is 5.72. The van der Waals surface area contributed by atoms with Crippen LogP contribution in [0.5, 0.6) is 5.75 Å². The summed E-state index contributed by atoms with van der Waals surface area (Å²) in [5, 5.41) is 7.65. The Labute approximate surface area is 134 Å². The van der Waals surface area contributed by atoms with Gasteiger partial charge in [-0.2, -0.15) is 0 Å². The van der Waals surface area contributed by atoms with Crippen LogP contribution in [-0.4, -0.2) is 17.7 Å². The molecule has 0 radical (unpaired) electrons. The van der Waals surface area contributed by atoms with E-state index in [0.29, 0.717) is 5.13 Å². The first-order valence-electron chi connectivity index (χ1n) is 7.04. The molecule has 0 aliphatic heterocycles. The number of anilines is 1. The lowest BCUT2D eigenvalue weighted by atomic mass is 9.85. The summed E-state index contributed by atoms with van der Waals surface area (Å²) in [6.07, 6.45) is 1.64. The minimum absolute atomic E-state index is 0.0233. The number of urea groups is 1. The lowest BCUT2D eigenvalue weighted by molar-refractivity contribution is 0.233. The molecule has 118 valence electrons. The molecule has 0 spiro atoms. The van der Waals surface area contributed by atoms with Crippen molar-refractivity contribution in [3.8, 4) is 5.75 Å². The first kappa shape index (κ1) is 16.3. The molecule has 1 aromatic heterocycles. The van der Waals surface area contributed by atoms with Crippen molar-refractivity contribution in [3.05, 3.63) is 40.9 Å². The molecule has 0 saturated heterocycles. The molecule has 0 saturated carbocycles. The van der Waals surface area contributed by atoms with Crippen LogP contribution in [0, 0.1) is 6.92 Å². The molecule has 0 fully saturated rings. The fourth-order valence-electron chi connectivity index (χ4n) is 1.96. The molecule has 2 aromatic rings. The van der Waals surface area contributed by atoms with E-state index in [9.17, 15) is 4.79 Å². The predicted molar refractivity (Wildman–Crippen MR) is 89.6 cm³/mol. The van der Waals surface area contributed by atoms with E-state index in [2.05, 4.69) is 49.4 Å². The van der Waals surface area contributed by atoms with Crippen LogP contribution in [0.4, 0.5) is 9.93 Å². The summed E-state index contributed by atoms with van der Waals surface area (Å²) in [5.74, 6) is 0.785. The summed E-state index contributed by atoms with van der Waals surface area (Å²) < 4.78 is 5.72. The number of aryl methyl sites for hydroxylation is 1. The van der Waals surface area contributed by atoms with Gasteiger partial charge in [0.2, 0.25) is 0 Å². The molecule has 5 nitrogen and oxygen atoms in total. The molecule has 2 rings (SSSR count). The number of nitrogens with one attached hydrogen (secondary N) is 2. The Morgan fingerprint density at radius 1 is 1.36 bits per heavy atom. The van der Waals surface area contributed by atoms with Gasteiger partial charge in [-0.05, 0) is 24.0 Å². The number of ether oxygens (including phenoxy) is 1. The minimum Gasteiger partial charge on any atom is -0.473 e. The first-order chi connectivity index (χ1) is 10.4. The average molecular weight is 319 g/mol. The van der Waals surface area contributed by atoms with Gasteiger partial charge in [-0.3, -0.25) is 5.32 Å². The molecule has 6 heteroatoms. The van der Waals surface area contributed by atoms with Crippen molar-refractivity contribution < 1.29 is 9.53 Å². The summed E-state index contributed by atoms with van der Waals surface area (Å²) >= 11 is 1.36. The zero-order chi connectivity index (χ0) is 16.2. The number of hydrogen-bond acceptors (Lipinski definition) is 4. The average Bonchev–Trinajstić information content (AvgIpc) is 2.92. The van der Waals surface area contributed by atoms with Crippen molar-refractivity contribution in [2.24, 2.45) is 0 Å². The normalized spacial score (nSPS) is 11.1. The second kappa shape index (κ2) is 6.79. The molecule has 1 aromatic carbocycles. The van der Waals surface area contributed by atoms with E-state index in [1.165, 1.54) is 16.9 Å². The topological polar surface area (TPSA) is 63.2 Å². The van der Waals surface area contributed by atoms with E-state index in [0.717, 1.165) is 11.3 Å². The number of benzene rings is 1. The van der Waals surface area contributed by atoms with E-state index in [4.69, 9.17) is 4.74 Å². The van der Waals surface area contributed by atoms with E-state index in [1.54, 1.807) is 11.6 Å². The predicted octanol–water partition coefficient (Wildman–Crippen LogP) is 3.91. The van der Waals surface area contributed by atoms with Gasteiger partial charge in [-0.15, -0.1) is 11.3 Å². The van der Waals surface area contributed by atoms with Gasteiger partial charge in [0.25, 0.3) is 0 Å². The first-order valence-corrected chi connectivity index (χ1v) is 7.92. The maximum Gasteiger partial charge on any atom is 0.323 e. The van der Waals surface area contributed by atoms with Crippen LogP contribution in [0.3, 0.4) is 0 Å². The van der Waals surface area contributed by atoms with Crippen LogP contribution in [0.25, 0.3) is 0 Å². The maximum atomic E-state index is 11.7. The Morgan fingerprint density at radius 3 is 2.77 bits per heavy atom. The summed E-state index contributed by atoms with van der Waals surface area (Å²) in [5.41, 5.74) is 2.28. The van der Waals surface area contributed by atoms with Crippen molar-refractivity contribution in [1.29, 1.82) is 0 Å². The highest BCUT2D eigenvalue weighted by atomic mass is 32.1. The van der Waals surface area contributed by atoms with Crippen molar-refractivity contribution in [2.45, 2.75) is 33.1 Å².